The molecule has 1 aromatic heterocycles. The smallest absolute Gasteiger partial charge is 0.155 e. The van der Waals surface area contributed by atoms with E-state index in [9.17, 15) is 4.79 Å². The molecule has 0 unspecified atom stereocenters. The summed E-state index contributed by atoms with van der Waals surface area (Å²) in [6.45, 7) is 9.81. The van der Waals surface area contributed by atoms with E-state index in [0.29, 0.717) is 29.8 Å². The number of ether oxygens (including phenoxy) is 1. The standard InChI is InChI=1S/C17H21NO2/c1-11-5-6-17(18-9-11)16-8-15(16)10-20-13(3)7-12(2)14(4)19/h5-7,9,15-16H,3,8,10H2,1-2,4H3/b12-7-/t15-,16+/m1/s1. The number of aromatic nitrogens is 1. The molecule has 0 bridgehead atoms. The van der Waals surface area contributed by atoms with Crippen LogP contribution in [0.5, 0.6) is 0 Å². The van der Waals surface area contributed by atoms with E-state index in [2.05, 4.69) is 23.7 Å². The Morgan fingerprint density at radius 1 is 1.50 bits per heavy atom. The van der Waals surface area contributed by atoms with E-state index in [1.165, 1.54) is 5.56 Å². The van der Waals surface area contributed by atoms with Gasteiger partial charge in [-0.15, -0.1) is 0 Å². The van der Waals surface area contributed by atoms with E-state index < -0.39 is 0 Å². The second-order valence-electron chi connectivity index (χ2n) is 5.52. The zero-order valence-corrected chi connectivity index (χ0v) is 12.3. The van der Waals surface area contributed by atoms with Crippen LogP contribution in [0.15, 0.2) is 42.3 Å². The van der Waals surface area contributed by atoms with Gasteiger partial charge in [0.2, 0.25) is 0 Å². The third kappa shape index (κ3) is 3.80. The van der Waals surface area contributed by atoms with Crippen molar-refractivity contribution in [3.63, 3.8) is 0 Å². The molecule has 0 saturated heterocycles. The maximum absolute atomic E-state index is 11.1. The molecule has 0 N–H and O–H groups in total. The highest BCUT2D eigenvalue weighted by Gasteiger charge is 2.39. The van der Waals surface area contributed by atoms with Crippen molar-refractivity contribution in [2.24, 2.45) is 5.92 Å². The number of Topliss-reactive ketones (excluding diaryl/α,β-unsaturated/α-hetero) is 1. The molecule has 1 aliphatic rings. The van der Waals surface area contributed by atoms with E-state index in [-0.39, 0.29) is 5.78 Å². The van der Waals surface area contributed by atoms with Crippen LogP contribution in [0.25, 0.3) is 0 Å². The van der Waals surface area contributed by atoms with Crippen molar-refractivity contribution in [2.75, 3.05) is 6.61 Å². The van der Waals surface area contributed by atoms with Gasteiger partial charge in [-0.25, -0.2) is 0 Å². The highest BCUT2D eigenvalue weighted by molar-refractivity contribution is 5.92. The lowest BCUT2D eigenvalue weighted by molar-refractivity contribution is -0.113. The van der Waals surface area contributed by atoms with Gasteiger partial charge >= 0.3 is 0 Å². The van der Waals surface area contributed by atoms with Crippen LogP contribution < -0.4 is 0 Å². The van der Waals surface area contributed by atoms with Crippen molar-refractivity contribution in [1.82, 2.24) is 4.98 Å². The fourth-order valence-electron chi connectivity index (χ4n) is 2.09. The molecule has 0 radical (unpaired) electrons. The Balaban J connectivity index is 1.80. The van der Waals surface area contributed by atoms with Crippen molar-refractivity contribution in [3.8, 4) is 0 Å². The fraction of sp³-hybridized carbons (Fsp3) is 0.412. The summed E-state index contributed by atoms with van der Waals surface area (Å²) in [6, 6.07) is 4.19. The summed E-state index contributed by atoms with van der Waals surface area (Å²) in [5.74, 6) is 1.61. The number of carbonyl (C=O) groups excluding carboxylic acids is 1. The first kappa shape index (κ1) is 14.5. The van der Waals surface area contributed by atoms with Gasteiger partial charge in [-0.1, -0.05) is 12.6 Å². The quantitative estimate of drug-likeness (QED) is 0.451. The lowest BCUT2D eigenvalue weighted by atomic mass is 10.2. The van der Waals surface area contributed by atoms with Gasteiger partial charge in [-0.3, -0.25) is 9.78 Å². The van der Waals surface area contributed by atoms with Gasteiger partial charge in [-0.05, 0) is 50.5 Å². The van der Waals surface area contributed by atoms with Crippen LogP contribution in [-0.2, 0) is 9.53 Å². The number of hydrogen-bond donors (Lipinski definition) is 0. The molecule has 1 heterocycles. The lowest BCUT2D eigenvalue weighted by Crippen LogP contribution is -1.99. The zero-order chi connectivity index (χ0) is 14.7. The number of ketones is 1. The molecule has 0 aromatic carbocycles. The number of hydrogen-bond acceptors (Lipinski definition) is 3. The first-order valence-electron chi connectivity index (χ1n) is 6.91. The number of allylic oxidation sites excluding steroid dienone is 2. The molecule has 2 rings (SSSR count). The Labute approximate surface area is 120 Å². The van der Waals surface area contributed by atoms with E-state index in [1.54, 1.807) is 19.9 Å². The molecule has 1 aromatic rings. The van der Waals surface area contributed by atoms with E-state index in [0.717, 1.165) is 12.1 Å². The van der Waals surface area contributed by atoms with Crippen molar-refractivity contribution in [1.29, 1.82) is 0 Å². The second-order valence-corrected chi connectivity index (χ2v) is 5.52. The number of aryl methyl sites for hydroxylation is 1. The zero-order valence-electron chi connectivity index (χ0n) is 12.3. The molecule has 3 heteroatoms. The molecule has 20 heavy (non-hydrogen) atoms. The van der Waals surface area contributed by atoms with Crippen molar-refractivity contribution < 1.29 is 9.53 Å². The molecular weight excluding hydrogens is 250 g/mol. The number of carbonyl (C=O) groups is 1. The average molecular weight is 271 g/mol. The van der Waals surface area contributed by atoms with Crippen LogP contribution in [0.3, 0.4) is 0 Å². The van der Waals surface area contributed by atoms with Crippen molar-refractivity contribution >= 4 is 5.78 Å². The SMILES string of the molecule is C=C(/C=C(/C)C(C)=O)OC[C@H]1C[C@@H]1c1ccc(C)cn1. The van der Waals surface area contributed by atoms with Gasteiger partial charge in [-0.2, -0.15) is 0 Å². The molecule has 0 spiro atoms. The number of pyridine rings is 1. The minimum atomic E-state index is 0.0444. The summed E-state index contributed by atoms with van der Waals surface area (Å²) >= 11 is 0. The van der Waals surface area contributed by atoms with Gasteiger partial charge in [0, 0.05) is 23.7 Å². The number of rotatable bonds is 6. The highest BCUT2D eigenvalue weighted by Crippen LogP contribution is 2.46. The maximum Gasteiger partial charge on any atom is 0.155 e. The molecular formula is C17H21NO2. The molecule has 2 atom stereocenters. The minimum Gasteiger partial charge on any atom is -0.494 e. The third-order valence-electron chi connectivity index (χ3n) is 3.65. The maximum atomic E-state index is 11.1. The van der Waals surface area contributed by atoms with Crippen molar-refractivity contribution in [3.05, 3.63) is 53.6 Å². The molecule has 106 valence electrons. The van der Waals surface area contributed by atoms with Crippen LogP contribution in [0.2, 0.25) is 0 Å². The van der Waals surface area contributed by atoms with Crippen LogP contribution in [-0.4, -0.2) is 17.4 Å². The largest absolute Gasteiger partial charge is 0.494 e. The molecule has 1 fully saturated rings. The molecule has 0 aliphatic heterocycles. The van der Waals surface area contributed by atoms with Gasteiger partial charge in [0.15, 0.2) is 5.78 Å². The van der Waals surface area contributed by atoms with Crippen LogP contribution >= 0.6 is 0 Å². The van der Waals surface area contributed by atoms with E-state index in [4.69, 9.17) is 4.74 Å². The topological polar surface area (TPSA) is 39.2 Å². The summed E-state index contributed by atoms with van der Waals surface area (Å²) in [4.78, 5) is 15.6. The molecule has 3 nitrogen and oxygen atoms in total. The predicted molar refractivity (Wildman–Crippen MR) is 79.4 cm³/mol. The monoisotopic (exact) mass is 271 g/mol. The summed E-state index contributed by atoms with van der Waals surface area (Å²) in [6.07, 6.45) is 4.71. The lowest BCUT2D eigenvalue weighted by Gasteiger charge is -2.06. The fourth-order valence-corrected chi connectivity index (χ4v) is 2.09. The van der Waals surface area contributed by atoms with Gasteiger partial charge in [0.05, 0.1) is 6.61 Å². The Bertz CT molecular complexity index is 543. The highest BCUT2D eigenvalue weighted by atomic mass is 16.5. The normalized spacial score (nSPS) is 21.4. The summed E-state index contributed by atoms with van der Waals surface area (Å²) in [5, 5.41) is 0. The average Bonchev–Trinajstić information content (AvgIpc) is 3.16. The second kappa shape index (κ2) is 6.04. The van der Waals surface area contributed by atoms with Gasteiger partial charge in [0.1, 0.15) is 5.76 Å². The first-order chi connectivity index (χ1) is 9.47. The number of nitrogens with zero attached hydrogens (tertiary/aromatic N) is 1. The van der Waals surface area contributed by atoms with Crippen LogP contribution in [0.1, 0.15) is 37.4 Å². The van der Waals surface area contributed by atoms with Gasteiger partial charge < -0.3 is 4.74 Å². The Morgan fingerprint density at radius 2 is 2.25 bits per heavy atom. The van der Waals surface area contributed by atoms with Gasteiger partial charge in [0.25, 0.3) is 0 Å². The molecule has 1 saturated carbocycles. The third-order valence-corrected chi connectivity index (χ3v) is 3.65. The molecule has 0 amide bonds. The molecule has 1 aliphatic carbocycles. The summed E-state index contributed by atoms with van der Waals surface area (Å²) in [5.41, 5.74) is 2.99. The van der Waals surface area contributed by atoms with E-state index >= 15 is 0 Å². The van der Waals surface area contributed by atoms with Crippen LogP contribution in [0, 0.1) is 12.8 Å². The van der Waals surface area contributed by atoms with Crippen LogP contribution in [0.4, 0.5) is 0 Å². The predicted octanol–water partition coefficient (Wildman–Crippen LogP) is 3.56. The summed E-state index contributed by atoms with van der Waals surface area (Å²) in [7, 11) is 0. The van der Waals surface area contributed by atoms with E-state index in [1.807, 2.05) is 13.1 Å². The minimum absolute atomic E-state index is 0.0444. The Kier molecular flexibility index (Phi) is 4.38. The Morgan fingerprint density at radius 3 is 2.85 bits per heavy atom. The first-order valence-corrected chi connectivity index (χ1v) is 6.91. The van der Waals surface area contributed by atoms with Crippen molar-refractivity contribution in [2.45, 2.75) is 33.1 Å². The Hall–Kier alpha value is -1.90. The summed E-state index contributed by atoms with van der Waals surface area (Å²) < 4.78 is 5.61.